The van der Waals surface area contributed by atoms with Gasteiger partial charge < -0.3 is 10.4 Å². The monoisotopic (exact) mass is 323 g/mol. The number of thiophene rings is 1. The Morgan fingerprint density at radius 3 is 3.00 bits per heavy atom. The summed E-state index contributed by atoms with van der Waals surface area (Å²) in [5.74, 6) is 0.0483. The molecule has 0 aliphatic rings. The number of carbonyl (C=O) groups excluding carboxylic acids is 1. The van der Waals surface area contributed by atoms with Crippen LogP contribution >= 0.6 is 11.3 Å². The van der Waals surface area contributed by atoms with Gasteiger partial charge in [0.25, 0.3) is 5.56 Å². The lowest BCUT2D eigenvalue weighted by atomic mass is 10.0. The maximum atomic E-state index is 12.1. The largest absolute Gasteiger partial charge is 0.393 e. The molecule has 0 saturated heterocycles. The van der Waals surface area contributed by atoms with Gasteiger partial charge in [0, 0.05) is 19.5 Å². The molecule has 6 nitrogen and oxygen atoms in total. The average Bonchev–Trinajstić information content (AvgIpc) is 2.95. The van der Waals surface area contributed by atoms with Gasteiger partial charge in [-0.3, -0.25) is 14.2 Å². The first-order chi connectivity index (χ1) is 10.5. The van der Waals surface area contributed by atoms with E-state index in [0.29, 0.717) is 29.7 Å². The fourth-order valence-corrected chi connectivity index (χ4v) is 2.78. The molecule has 0 spiro atoms. The van der Waals surface area contributed by atoms with Crippen molar-refractivity contribution in [3.63, 3.8) is 0 Å². The summed E-state index contributed by atoms with van der Waals surface area (Å²) < 4.78 is 1.46. The number of rotatable bonds is 7. The fourth-order valence-electron chi connectivity index (χ4n) is 2.06. The lowest BCUT2D eigenvalue weighted by molar-refractivity contribution is -0.121. The highest BCUT2D eigenvalue weighted by atomic mass is 32.1. The summed E-state index contributed by atoms with van der Waals surface area (Å²) in [4.78, 5) is 28.8. The van der Waals surface area contributed by atoms with E-state index in [4.69, 9.17) is 0 Å². The van der Waals surface area contributed by atoms with Gasteiger partial charge in [-0.2, -0.15) is 0 Å². The lowest BCUT2D eigenvalue weighted by Crippen LogP contribution is -2.30. The Labute approximate surface area is 132 Å². The van der Waals surface area contributed by atoms with Crippen molar-refractivity contribution in [2.24, 2.45) is 5.92 Å². The summed E-state index contributed by atoms with van der Waals surface area (Å²) in [6.45, 7) is 4.62. The van der Waals surface area contributed by atoms with E-state index in [1.165, 1.54) is 22.2 Å². The van der Waals surface area contributed by atoms with E-state index in [1.54, 1.807) is 6.07 Å². The number of fused-ring (bicyclic) bond motifs is 1. The number of aliphatic hydroxyl groups is 1. The summed E-state index contributed by atoms with van der Waals surface area (Å²) >= 11 is 1.42. The predicted octanol–water partition coefficient (Wildman–Crippen LogP) is 1.37. The molecule has 0 aromatic carbocycles. The molecule has 2 aromatic heterocycles. The second kappa shape index (κ2) is 7.51. The smallest absolute Gasteiger partial charge is 0.262 e. The number of amides is 1. The molecule has 1 atom stereocenters. The molecule has 0 aliphatic heterocycles. The quantitative estimate of drug-likeness (QED) is 0.806. The zero-order valence-electron chi connectivity index (χ0n) is 12.8. The SMILES string of the molecule is CC(C)C(O)CCNC(=O)CCn1cnc2sccc2c1=O. The lowest BCUT2D eigenvalue weighted by Gasteiger charge is -2.14. The van der Waals surface area contributed by atoms with Gasteiger partial charge in [-0.05, 0) is 23.8 Å². The Hall–Kier alpha value is -1.73. The minimum absolute atomic E-state index is 0.116. The second-order valence-electron chi connectivity index (χ2n) is 5.58. The van der Waals surface area contributed by atoms with Crippen molar-refractivity contribution in [1.82, 2.24) is 14.9 Å². The molecule has 0 radical (unpaired) electrons. The third-order valence-corrected chi connectivity index (χ3v) is 4.38. The van der Waals surface area contributed by atoms with Crippen molar-refractivity contribution in [3.05, 3.63) is 28.1 Å². The molecule has 1 unspecified atom stereocenters. The number of nitrogens with zero attached hydrogens (tertiary/aromatic N) is 2. The van der Waals surface area contributed by atoms with Gasteiger partial charge in [0.05, 0.1) is 17.8 Å². The van der Waals surface area contributed by atoms with E-state index in [-0.39, 0.29) is 23.8 Å². The number of aryl methyl sites for hydroxylation is 1. The van der Waals surface area contributed by atoms with E-state index < -0.39 is 6.10 Å². The summed E-state index contributed by atoms with van der Waals surface area (Å²) in [5, 5.41) is 14.8. The van der Waals surface area contributed by atoms with Crippen molar-refractivity contribution >= 4 is 27.5 Å². The van der Waals surface area contributed by atoms with E-state index in [1.807, 2.05) is 19.2 Å². The Balaban J connectivity index is 1.83. The van der Waals surface area contributed by atoms with Crippen molar-refractivity contribution < 1.29 is 9.90 Å². The highest BCUT2D eigenvalue weighted by Gasteiger charge is 2.10. The highest BCUT2D eigenvalue weighted by molar-refractivity contribution is 7.16. The topological polar surface area (TPSA) is 84.2 Å². The Kier molecular flexibility index (Phi) is 5.68. The minimum atomic E-state index is -0.409. The molecule has 0 saturated carbocycles. The number of aromatic nitrogens is 2. The van der Waals surface area contributed by atoms with E-state index >= 15 is 0 Å². The zero-order valence-corrected chi connectivity index (χ0v) is 13.6. The molecule has 120 valence electrons. The average molecular weight is 323 g/mol. The molecule has 0 fully saturated rings. The summed E-state index contributed by atoms with van der Waals surface area (Å²) in [6.07, 6.45) is 1.82. The standard InChI is InChI=1S/C15H21N3O3S/c1-10(2)12(19)3-6-16-13(20)4-7-18-9-17-14-11(15(18)21)5-8-22-14/h5,8-10,12,19H,3-4,6-7H2,1-2H3,(H,16,20). The van der Waals surface area contributed by atoms with Crippen LogP contribution in [0, 0.1) is 5.92 Å². The van der Waals surface area contributed by atoms with Crippen LogP contribution in [0.25, 0.3) is 10.2 Å². The third kappa shape index (κ3) is 4.14. The highest BCUT2D eigenvalue weighted by Crippen LogP contribution is 2.13. The second-order valence-corrected chi connectivity index (χ2v) is 6.48. The van der Waals surface area contributed by atoms with Gasteiger partial charge in [0.15, 0.2) is 0 Å². The normalized spacial score (nSPS) is 12.7. The maximum Gasteiger partial charge on any atom is 0.262 e. The van der Waals surface area contributed by atoms with Gasteiger partial charge >= 0.3 is 0 Å². The van der Waals surface area contributed by atoms with Crippen molar-refractivity contribution in [2.75, 3.05) is 6.54 Å². The van der Waals surface area contributed by atoms with Crippen LogP contribution in [-0.2, 0) is 11.3 Å². The molecule has 22 heavy (non-hydrogen) atoms. The Morgan fingerprint density at radius 1 is 1.50 bits per heavy atom. The number of nitrogens with one attached hydrogen (secondary N) is 1. The maximum absolute atomic E-state index is 12.1. The molecular formula is C15H21N3O3S. The zero-order chi connectivity index (χ0) is 16.1. The minimum Gasteiger partial charge on any atom is -0.393 e. The van der Waals surface area contributed by atoms with Gasteiger partial charge in [-0.25, -0.2) is 4.98 Å². The van der Waals surface area contributed by atoms with E-state index in [0.717, 1.165) is 0 Å². The van der Waals surface area contributed by atoms with E-state index in [9.17, 15) is 14.7 Å². The molecule has 2 heterocycles. The van der Waals surface area contributed by atoms with Crippen LogP contribution in [0.4, 0.5) is 0 Å². The van der Waals surface area contributed by atoms with Crippen molar-refractivity contribution in [1.29, 1.82) is 0 Å². The van der Waals surface area contributed by atoms with Gasteiger partial charge in [-0.1, -0.05) is 13.8 Å². The molecule has 0 aliphatic carbocycles. The summed E-state index contributed by atoms with van der Waals surface area (Å²) in [6, 6.07) is 1.75. The summed E-state index contributed by atoms with van der Waals surface area (Å²) in [5.41, 5.74) is -0.116. The third-order valence-electron chi connectivity index (χ3n) is 3.56. The fraction of sp³-hybridized carbons (Fsp3) is 0.533. The molecule has 1 amide bonds. The van der Waals surface area contributed by atoms with Gasteiger partial charge in [0.2, 0.25) is 5.91 Å². The van der Waals surface area contributed by atoms with Crippen molar-refractivity contribution in [3.8, 4) is 0 Å². The number of hydrogen-bond acceptors (Lipinski definition) is 5. The van der Waals surface area contributed by atoms with Crippen LogP contribution in [-0.4, -0.2) is 33.2 Å². The van der Waals surface area contributed by atoms with Crippen LogP contribution in [0.2, 0.25) is 0 Å². The summed E-state index contributed by atoms with van der Waals surface area (Å²) in [7, 11) is 0. The van der Waals surface area contributed by atoms with Crippen LogP contribution in [0.15, 0.2) is 22.6 Å². The first kappa shape index (κ1) is 16.6. The van der Waals surface area contributed by atoms with Crippen molar-refractivity contribution in [2.45, 2.75) is 39.3 Å². The Bertz CT molecular complexity index is 693. The molecular weight excluding hydrogens is 302 g/mol. The van der Waals surface area contributed by atoms with Crippen LogP contribution in [0.3, 0.4) is 0 Å². The number of aliphatic hydroxyl groups excluding tert-OH is 1. The molecule has 7 heteroatoms. The molecule has 0 bridgehead atoms. The van der Waals surface area contributed by atoms with Crippen LogP contribution in [0.1, 0.15) is 26.7 Å². The number of carbonyl (C=O) groups is 1. The first-order valence-electron chi connectivity index (χ1n) is 7.36. The Morgan fingerprint density at radius 2 is 2.27 bits per heavy atom. The van der Waals surface area contributed by atoms with Crippen LogP contribution < -0.4 is 10.9 Å². The first-order valence-corrected chi connectivity index (χ1v) is 8.24. The van der Waals surface area contributed by atoms with Gasteiger partial charge in [-0.15, -0.1) is 11.3 Å². The molecule has 2 aromatic rings. The molecule has 2 N–H and O–H groups in total. The number of hydrogen-bond donors (Lipinski definition) is 2. The predicted molar refractivity (Wildman–Crippen MR) is 87.0 cm³/mol. The van der Waals surface area contributed by atoms with Crippen LogP contribution in [0.5, 0.6) is 0 Å². The van der Waals surface area contributed by atoms with E-state index in [2.05, 4.69) is 10.3 Å². The van der Waals surface area contributed by atoms with Gasteiger partial charge in [0.1, 0.15) is 4.83 Å². The molecule has 2 rings (SSSR count).